The number of hydrogen-bond donors (Lipinski definition) is 0. The molecule has 3 heterocycles. The zero-order valence-electron chi connectivity index (χ0n) is 18.7. The van der Waals surface area contributed by atoms with Crippen molar-refractivity contribution in [3.63, 3.8) is 0 Å². The summed E-state index contributed by atoms with van der Waals surface area (Å²) in [5, 5.41) is 4.07. The first kappa shape index (κ1) is 22.1. The fourth-order valence-corrected chi connectivity index (χ4v) is 4.51. The van der Waals surface area contributed by atoms with Gasteiger partial charge in [-0.25, -0.2) is 4.79 Å². The molecule has 2 aliphatic rings. The highest BCUT2D eigenvalue weighted by molar-refractivity contribution is 5.74. The summed E-state index contributed by atoms with van der Waals surface area (Å²) in [6, 6.07) is 1.08. The van der Waals surface area contributed by atoms with E-state index >= 15 is 0 Å². The Morgan fingerprint density at radius 2 is 1.83 bits per heavy atom. The van der Waals surface area contributed by atoms with E-state index in [4.69, 9.17) is 9.26 Å². The molecule has 0 bridgehead atoms. The lowest BCUT2D eigenvalue weighted by Gasteiger charge is -2.39. The van der Waals surface area contributed by atoms with Gasteiger partial charge in [-0.1, -0.05) is 5.16 Å². The summed E-state index contributed by atoms with van der Waals surface area (Å²) in [5.41, 5.74) is 2.16. The highest BCUT2D eigenvalue weighted by atomic mass is 16.5. The number of carbonyl (C=O) groups excluding carboxylic acids is 1. The van der Waals surface area contributed by atoms with Crippen molar-refractivity contribution in [2.45, 2.75) is 51.7 Å². The van der Waals surface area contributed by atoms with E-state index in [1.54, 1.807) is 4.90 Å². The lowest BCUT2D eigenvalue weighted by atomic mass is 10.0. The maximum absolute atomic E-state index is 12.4. The first-order valence-electron chi connectivity index (χ1n) is 10.8. The Morgan fingerprint density at radius 3 is 2.45 bits per heavy atom. The fourth-order valence-electron chi connectivity index (χ4n) is 4.51. The molecule has 1 aromatic rings. The second kappa shape index (κ2) is 9.91. The fraction of sp³-hybridized carbons (Fsp3) is 0.810. The number of ether oxygens (including phenoxy) is 1. The Morgan fingerprint density at radius 1 is 1.10 bits per heavy atom. The van der Waals surface area contributed by atoms with Gasteiger partial charge in [-0.2, -0.15) is 0 Å². The van der Waals surface area contributed by atoms with E-state index in [0.717, 1.165) is 76.7 Å². The summed E-state index contributed by atoms with van der Waals surface area (Å²) in [4.78, 5) is 21.0. The van der Waals surface area contributed by atoms with Crippen molar-refractivity contribution >= 4 is 6.03 Å². The molecule has 0 spiro atoms. The molecule has 164 valence electrons. The van der Waals surface area contributed by atoms with Gasteiger partial charge in [0.1, 0.15) is 5.76 Å². The van der Waals surface area contributed by atoms with Gasteiger partial charge in [0.2, 0.25) is 0 Å². The molecule has 2 fully saturated rings. The van der Waals surface area contributed by atoms with Crippen LogP contribution in [-0.2, 0) is 11.3 Å². The van der Waals surface area contributed by atoms with Crippen LogP contribution in [0, 0.1) is 13.8 Å². The van der Waals surface area contributed by atoms with Gasteiger partial charge in [0, 0.05) is 77.7 Å². The molecular weight excluding hydrogens is 370 g/mol. The van der Waals surface area contributed by atoms with E-state index in [1.165, 1.54) is 5.56 Å². The van der Waals surface area contributed by atoms with E-state index < -0.39 is 0 Å². The third-order valence-corrected chi connectivity index (χ3v) is 6.29. The molecule has 0 N–H and O–H groups in total. The van der Waals surface area contributed by atoms with E-state index in [9.17, 15) is 4.79 Å². The SMILES string of the molecule is Cc1noc(C)c1CN(C)CCN(C1CCOCC1)C1CCN(C(=O)N(C)C)C1. The van der Waals surface area contributed by atoms with Crippen molar-refractivity contribution < 1.29 is 14.1 Å². The van der Waals surface area contributed by atoms with Crippen LogP contribution in [0.15, 0.2) is 4.52 Å². The number of nitrogens with zero attached hydrogens (tertiary/aromatic N) is 5. The number of amides is 2. The summed E-state index contributed by atoms with van der Waals surface area (Å²) in [5.74, 6) is 0.907. The summed E-state index contributed by atoms with van der Waals surface area (Å²) in [6.07, 6.45) is 3.20. The van der Waals surface area contributed by atoms with Crippen LogP contribution in [0.2, 0.25) is 0 Å². The van der Waals surface area contributed by atoms with Gasteiger partial charge in [-0.05, 0) is 40.2 Å². The van der Waals surface area contributed by atoms with Crippen molar-refractivity contribution in [1.29, 1.82) is 0 Å². The smallest absolute Gasteiger partial charge is 0.319 e. The third kappa shape index (κ3) is 5.49. The van der Waals surface area contributed by atoms with Crippen LogP contribution >= 0.6 is 0 Å². The number of aryl methyl sites for hydroxylation is 2. The predicted molar refractivity (Wildman–Crippen MR) is 112 cm³/mol. The number of aromatic nitrogens is 1. The van der Waals surface area contributed by atoms with E-state index in [1.807, 2.05) is 32.8 Å². The Labute approximate surface area is 174 Å². The maximum atomic E-state index is 12.4. The van der Waals surface area contributed by atoms with Crippen molar-refractivity contribution in [2.75, 3.05) is 60.5 Å². The van der Waals surface area contributed by atoms with Gasteiger partial charge in [-0.3, -0.25) is 4.90 Å². The number of carbonyl (C=O) groups is 1. The third-order valence-electron chi connectivity index (χ3n) is 6.29. The molecule has 3 rings (SSSR count). The molecule has 0 saturated carbocycles. The molecule has 1 aromatic heterocycles. The zero-order valence-corrected chi connectivity index (χ0v) is 18.7. The number of urea groups is 1. The monoisotopic (exact) mass is 407 g/mol. The van der Waals surface area contributed by atoms with E-state index in [0.29, 0.717) is 12.1 Å². The van der Waals surface area contributed by atoms with Gasteiger partial charge < -0.3 is 24.0 Å². The second-order valence-electron chi connectivity index (χ2n) is 8.69. The van der Waals surface area contributed by atoms with Gasteiger partial charge in [0.25, 0.3) is 0 Å². The molecule has 0 aromatic carbocycles. The van der Waals surface area contributed by atoms with Crippen LogP contribution in [0.25, 0.3) is 0 Å². The maximum Gasteiger partial charge on any atom is 0.319 e. The minimum Gasteiger partial charge on any atom is -0.381 e. The van der Waals surface area contributed by atoms with Crippen LogP contribution in [0.3, 0.4) is 0 Å². The Kier molecular flexibility index (Phi) is 7.54. The molecule has 2 aliphatic heterocycles. The molecule has 2 amide bonds. The average molecular weight is 408 g/mol. The van der Waals surface area contributed by atoms with Crippen LogP contribution < -0.4 is 0 Å². The highest BCUT2D eigenvalue weighted by Gasteiger charge is 2.35. The minimum absolute atomic E-state index is 0.120. The first-order chi connectivity index (χ1) is 13.9. The summed E-state index contributed by atoms with van der Waals surface area (Å²) in [7, 11) is 5.82. The topological polar surface area (TPSA) is 65.3 Å². The van der Waals surface area contributed by atoms with Crippen LogP contribution in [0.1, 0.15) is 36.3 Å². The molecule has 2 saturated heterocycles. The molecule has 8 heteroatoms. The lowest BCUT2D eigenvalue weighted by molar-refractivity contribution is 0.0150. The Balaban J connectivity index is 1.61. The Hall–Kier alpha value is -1.64. The highest BCUT2D eigenvalue weighted by Crippen LogP contribution is 2.24. The summed E-state index contributed by atoms with van der Waals surface area (Å²) < 4.78 is 10.9. The van der Waals surface area contributed by atoms with Crippen molar-refractivity contribution in [2.24, 2.45) is 0 Å². The molecular formula is C21H37N5O3. The molecule has 8 nitrogen and oxygen atoms in total. The average Bonchev–Trinajstić information content (AvgIpc) is 3.31. The molecule has 0 aliphatic carbocycles. The predicted octanol–water partition coefficient (Wildman–Crippen LogP) is 1.96. The van der Waals surface area contributed by atoms with Crippen LogP contribution in [0.4, 0.5) is 4.79 Å². The number of hydrogen-bond acceptors (Lipinski definition) is 6. The quantitative estimate of drug-likeness (QED) is 0.688. The molecule has 0 radical (unpaired) electrons. The second-order valence-corrected chi connectivity index (χ2v) is 8.69. The minimum atomic E-state index is 0.120. The van der Waals surface area contributed by atoms with E-state index in [-0.39, 0.29) is 6.03 Å². The van der Waals surface area contributed by atoms with Gasteiger partial charge >= 0.3 is 6.03 Å². The standard InChI is InChI=1S/C21H37N5O3/c1-16-20(17(2)29-22-16)15-24(5)10-11-26(18-7-12-28-13-8-18)19-6-9-25(14-19)21(27)23(3)4/h18-19H,6-15H2,1-5H3. The van der Waals surface area contributed by atoms with Gasteiger partial charge in [-0.15, -0.1) is 0 Å². The zero-order chi connectivity index (χ0) is 21.0. The normalized spacial score (nSPS) is 20.8. The van der Waals surface area contributed by atoms with E-state index in [2.05, 4.69) is 22.0 Å². The van der Waals surface area contributed by atoms with Crippen molar-refractivity contribution in [3.05, 3.63) is 17.0 Å². The number of likely N-dealkylation sites (N-methyl/N-ethyl adjacent to an activating group) is 1. The largest absolute Gasteiger partial charge is 0.381 e. The molecule has 29 heavy (non-hydrogen) atoms. The molecule has 1 unspecified atom stereocenters. The van der Waals surface area contributed by atoms with Crippen molar-refractivity contribution in [1.82, 2.24) is 24.8 Å². The van der Waals surface area contributed by atoms with Crippen molar-refractivity contribution in [3.8, 4) is 0 Å². The first-order valence-corrected chi connectivity index (χ1v) is 10.8. The van der Waals surface area contributed by atoms with Crippen LogP contribution in [0.5, 0.6) is 0 Å². The number of rotatable bonds is 7. The number of likely N-dealkylation sites (tertiary alicyclic amines) is 1. The van der Waals surface area contributed by atoms with Gasteiger partial charge in [0.05, 0.1) is 5.69 Å². The summed E-state index contributed by atoms with van der Waals surface area (Å²) >= 11 is 0. The Bertz CT molecular complexity index is 652. The van der Waals surface area contributed by atoms with Crippen LogP contribution in [-0.4, -0.2) is 103 Å². The van der Waals surface area contributed by atoms with Gasteiger partial charge in [0.15, 0.2) is 0 Å². The summed E-state index contributed by atoms with van der Waals surface area (Å²) in [6.45, 7) is 10.1. The lowest BCUT2D eigenvalue weighted by Crippen LogP contribution is -2.50. The molecule has 1 atom stereocenters.